The largest absolute Gasteiger partial charge is 0.368 e. The second-order valence-corrected chi connectivity index (χ2v) is 6.88. The van der Waals surface area contributed by atoms with E-state index in [2.05, 4.69) is 32.3 Å². The molecule has 1 atom stereocenters. The molecule has 3 aromatic rings. The van der Waals surface area contributed by atoms with Gasteiger partial charge < -0.3 is 10.6 Å². The first-order valence-corrected chi connectivity index (χ1v) is 9.10. The Balaban J connectivity index is 1.57. The smallest absolute Gasteiger partial charge is 0.257 e. The number of amides is 1. The number of hydrogen-bond acceptors (Lipinski definition) is 5. The van der Waals surface area contributed by atoms with Crippen LogP contribution < -0.4 is 5.73 Å². The van der Waals surface area contributed by atoms with Gasteiger partial charge in [0.2, 0.25) is 5.95 Å². The number of aromatic amines is 1. The van der Waals surface area contributed by atoms with Crippen LogP contribution in [-0.4, -0.2) is 44.1 Å². The Morgan fingerprint density at radius 2 is 2.07 bits per heavy atom. The zero-order chi connectivity index (χ0) is 18.8. The van der Waals surface area contributed by atoms with Gasteiger partial charge in [0.15, 0.2) is 0 Å². The number of aromatic nitrogens is 4. The van der Waals surface area contributed by atoms with E-state index in [0.29, 0.717) is 17.8 Å². The molecule has 1 saturated heterocycles. The van der Waals surface area contributed by atoms with E-state index in [1.165, 1.54) is 6.20 Å². The maximum atomic E-state index is 13.0. The lowest BCUT2D eigenvalue weighted by Crippen LogP contribution is -2.39. The number of hydrogen-bond donors (Lipinski definition) is 2. The number of piperidine rings is 1. The predicted octanol–water partition coefficient (Wildman–Crippen LogP) is 2.78. The van der Waals surface area contributed by atoms with Gasteiger partial charge in [0.05, 0.1) is 17.5 Å². The number of nitrogens with one attached hydrogen (secondary N) is 1. The lowest BCUT2D eigenvalue weighted by Gasteiger charge is -2.33. The number of nitrogens with zero attached hydrogens (tertiary/aromatic N) is 4. The summed E-state index contributed by atoms with van der Waals surface area (Å²) >= 11 is 0. The lowest BCUT2D eigenvalue weighted by molar-refractivity contribution is 0.0704. The van der Waals surface area contributed by atoms with Gasteiger partial charge in [-0.15, -0.1) is 0 Å². The first kappa shape index (κ1) is 17.2. The first-order chi connectivity index (χ1) is 13.1. The number of carbonyl (C=O) groups excluding carboxylic acids is 1. The SMILES string of the molecule is Cc1nc(N)ncc1C(=O)N1CCCC(c2[nH]ncc2-c2ccccc2)C1. The number of nitrogen functional groups attached to an aromatic ring is 1. The second-order valence-electron chi connectivity index (χ2n) is 6.88. The van der Waals surface area contributed by atoms with E-state index < -0.39 is 0 Å². The van der Waals surface area contributed by atoms with Crippen LogP contribution in [0.4, 0.5) is 5.95 Å². The quantitative estimate of drug-likeness (QED) is 0.746. The molecule has 2 aromatic heterocycles. The van der Waals surface area contributed by atoms with Gasteiger partial charge in [0, 0.05) is 36.5 Å². The summed E-state index contributed by atoms with van der Waals surface area (Å²) in [4.78, 5) is 23.0. The number of likely N-dealkylation sites (tertiary alicyclic amines) is 1. The molecule has 0 saturated carbocycles. The van der Waals surface area contributed by atoms with Crippen molar-refractivity contribution in [2.24, 2.45) is 0 Å². The van der Waals surface area contributed by atoms with Crippen molar-refractivity contribution in [3.63, 3.8) is 0 Å². The van der Waals surface area contributed by atoms with E-state index in [1.54, 1.807) is 6.92 Å². The standard InChI is InChI=1S/C20H22N6O/c1-13-16(10-22-20(21)24-13)19(27)26-9-5-8-15(12-26)18-17(11-23-25-18)14-6-3-2-4-7-14/h2-4,6-7,10-11,15H,5,8-9,12H2,1H3,(H,23,25)(H2,21,22,24). The molecule has 1 aliphatic rings. The highest BCUT2D eigenvalue weighted by molar-refractivity contribution is 5.95. The Bertz CT molecular complexity index is 952. The monoisotopic (exact) mass is 362 g/mol. The molecule has 7 nitrogen and oxygen atoms in total. The fraction of sp³-hybridized carbons (Fsp3) is 0.300. The zero-order valence-corrected chi connectivity index (χ0v) is 15.2. The van der Waals surface area contributed by atoms with E-state index in [-0.39, 0.29) is 17.8 Å². The van der Waals surface area contributed by atoms with Crippen molar-refractivity contribution in [2.45, 2.75) is 25.7 Å². The van der Waals surface area contributed by atoms with Crippen molar-refractivity contribution in [1.29, 1.82) is 0 Å². The molecule has 1 unspecified atom stereocenters. The molecule has 0 aliphatic carbocycles. The maximum Gasteiger partial charge on any atom is 0.257 e. The average molecular weight is 362 g/mol. The summed E-state index contributed by atoms with van der Waals surface area (Å²) in [5, 5.41) is 7.43. The highest BCUT2D eigenvalue weighted by Gasteiger charge is 2.29. The third-order valence-electron chi connectivity index (χ3n) is 5.10. The summed E-state index contributed by atoms with van der Waals surface area (Å²) in [7, 11) is 0. The Hall–Kier alpha value is -3.22. The van der Waals surface area contributed by atoms with Crippen LogP contribution in [0.1, 0.15) is 40.5 Å². The number of H-pyrrole nitrogens is 1. The van der Waals surface area contributed by atoms with Crippen LogP contribution >= 0.6 is 0 Å². The average Bonchev–Trinajstić information content (AvgIpc) is 3.18. The zero-order valence-electron chi connectivity index (χ0n) is 15.2. The van der Waals surface area contributed by atoms with Crippen LogP contribution in [0.3, 0.4) is 0 Å². The number of rotatable bonds is 3. The van der Waals surface area contributed by atoms with E-state index in [4.69, 9.17) is 5.73 Å². The van der Waals surface area contributed by atoms with Gasteiger partial charge >= 0.3 is 0 Å². The second kappa shape index (κ2) is 7.19. The van der Waals surface area contributed by atoms with Crippen molar-refractivity contribution in [1.82, 2.24) is 25.1 Å². The van der Waals surface area contributed by atoms with Crippen LogP contribution in [-0.2, 0) is 0 Å². The van der Waals surface area contributed by atoms with Crippen molar-refractivity contribution in [3.8, 4) is 11.1 Å². The van der Waals surface area contributed by atoms with Crippen molar-refractivity contribution in [2.75, 3.05) is 18.8 Å². The van der Waals surface area contributed by atoms with Crippen LogP contribution in [0.2, 0.25) is 0 Å². The minimum Gasteiger partial charge on any atom is -0.368 e. The molecular weight excluding hydrogens is 340 g/mol. The van der Waals surface area contributed by atoms with Gasteiger partial charge in [-0.05, 0) is 25.3 Å². The molecule has 7 heteroatoms. The minimum absolute atomic E-state index is 0.0435. The third-order valence-corrected chi connectivity index (χ3v) is 5.10. The molecule has 27 heavy (non-hydrogen) atoms. The van der Waals surface area contributed by atoms with Gasteiger partial charge in [-0.1, -0.05) is 30.3 Å². The fourth-order valence-corrected chi connectivity index (χ4v) is 3.72. The van der Waals surface area contributed by atoms with Gasteiger partial charge in [-0.25, -0.2) is 9.97 Å². The number of aryl methyl sites for hydroxylation is 1. The van der Waals surface area contributed by atoms with E-state index in [9.17, 15) is 4.79 Å². The summed E-state index contributed by atoms with van der Waals surface area (Å²) in [6.45, 7) is 3.16. The Labute approximate surface area is 157 Å². The predicted molar refractivity (Wildman–Crippen MR) is 103 cm³/mol. The Kier molecular flexibility index (Phi) is 4.58. The normalized spacial score (nSPS) is 17.1. The topological polar surface area (TPSA) is 101 Å². The summed E-state index contributed by atoms with van der Waals surface area (Å²) in [6, 6.07) is 10.2. The molecule has 1 fully saturated rings. The summed E-state index contributed by atoms with van der Waals surface area (Å²) in [6.07, 6.45) is 5.35. The summed E-state index contributed by atoms with van der Waals surface area (Å²) in [5.41, 5.74) is 10.0. The lowest BCUT2D eigenvalue weighted by atomic mass is 9.90. The van der Waals surface area contributed by atoms with Crippen LogP contribution in [0.25, 0.3) is 11.1 Å². The van der Waals surface area contributed by atoms with Crippen molar-refractivity contribution >= 4 is 11.9 Å². The highest BCUT2D eigenvalue weighted by atomic mass is 16.2. The minimum atomic E-state index is -0.0435. The molecular formula is C20H22N6O. The van der Waals surface area contributed by atoms with Crippen LogP contribution in [0.5, 0.6) is 0 Å². The third kappa shape index (κ3) is 3.40. The molecule has 3 heterocycles. The van der Waals surface area contributed by atoms with Gasteiger partial charge in [-0.2, -0.15) is 5.10 Å². The fourth-order valence-electron chi connectivity index (χ4n) is 3.72. The number of benzene rings is 1. The van der Waals surface area contributed by atoms with E-state index >= 15 is 0 Å². The molecule has 0 spiro atoms. The van der Waals surface area contributed by atoms with Crippen LogP contribution in [0, 0.1) is 6.92 Å². The number of nitrogens with two attached hydrogens (primary N) is 1. The molecule has 0 radical (unpaired) electrons. The molecule has 3 N–H and O–H groups in total. The maximum absolute atomic E-state index is 13.0. The number of anilines is 1. The van der Waals surface area contributed by atoms with E-state index in [0.717, 1.165) is 36.2 Å². The van der Waals surface area contributed by atoms with Gasteiger partial charge in [0.1, 0.15) is 0 Å². The molecule has 1 aromatic carbocycles. The highest BCUT2D eigenvalue weighted by Crippen LogP contribution is 2.33. The molecule has 1 aliphatic heterocycles. The van der Waals surface area contributed by atoms with Gasteiger partial charge in [-0.3, -0.25) is 9.89 Å². The molecule has 4 rings (SSSR count). The molecule has 0 bridgehead atoms. The van der Waals surface area contributed by atoms with Crippen molar-refractivity contribution < 1.29 is 4.79 Å². The van der Waals surface area contributed by atoms with Crippen molar-refractivity contribution in [3.05, 3.63) is 59.7 Å². The van der Waals surface area contributed by atoms with Gasteiger partial charge in [0.25, 0.3) is 5.91 Å². The number of carbonyl (C=O) groups is 1. The Morgan fingerprint density at radius 3 is 2.85 bits per heavy atom. The van der Waals surface area contributed by atoms with E-state index in [1.807, 2.05) is 29.3 Å². The first-order valence-electron chi connectivity index (χ1n) is 9.10. The summed E-state index contributed by atoms with van der Waals surface area (Å²) < 4.78 is 0. The molecule has 1 amide bonds. The Morgan fingerprint density at radius 1 is 1.26 bits per heavy atom. The van der Waals surface area contributed by atoms with Crippen LogP contribution in [0.15, 0.2) is 42.7 Å². The molecule has 138 valence electrons. The summed E-state index contributed by atoms with van der Waals surface area (Å²) in [5.74, 6) is 0.360.